The largest absolute Gasteiger partial charge is 0.490 e. The predicted molar refractivity (Wildman–Crippen MR) is 94.1 cm³/mol. The minimum atomic E-state index is -0.489. The van der Waals surface area contributed by atoms with E-state index < -0.39 is 6.10 Å². The molecule has 0 spiro atoms. The first-order valence-electron chi connectivity index (χ1n) is 8.64. The van der Waals surface area contributed by atoms with Crippen molar-refractivity contribution >= 4 is 17.5 Å². The molecule has 0 bridgehead atoms. The molecule has 1 fully saturated rings. The number of hydrogen-bond acceptors (Lipinski definition) is 4. The van der Waals surface area contributed by atoms with Crippen LogP contribution in [0.3, 0.4) is 0 Å². The van der Waals surface area contributed by atoms with Crippen LogP contribution in [-0.4, -0.2) is 36.4 Å². The topological polar surface area (TPSA) is 67.8 Å². The van der Waals surface area contributed by atoms with Crippen molar-refractivity contribution in [1.82, 2.24) is 5.32 Å². The van der Waals surface area contributed by atoms with Crippen molar-refractivity contribution in [2.75, 3.05) is 13.2 Å². The average Bonchev–Trinajstić information content (AvgIpc) is 2.56. The summed E-state index contributed by atoms with van der Waals surface area (Å²) in [7, 11) is 0. The van der Waals surface area contributed by atoms with Crippen LogP contribution in [0.25, 0.3) is 0 Å². The smallest absolute Gasteiger partial charge is 0.251 e. The number of rotatable bonds is 7. The first-order valence-corrected chi connectivity index (χ1v) is 9.02. The highest BCUT2D eigenvalue weighted by Crippen LogP contribution is 2.37. The lowest BCUT2D eigenvalue weighted by atomic mass is 9.92. The highest BCUT2D eigenvalue weighted by atomic mass is 35.5. The molecule has 1 aliphatic carbocycles. The molecular formula is C18H26ClNO4. The zero-order valence-electron chi connectivity index (χ0n) is 14.3. The quantitative estimate of drug-likeness (QED) is 0.784. The number of carbonyl (C=O) groups is 1. The monoisotopic (exact) mass is 355 g/mol. The summed E-state index contributed by atoms with van der Waals surface area (Å²) in [4.78, 5) is 12.5. The third-order valence-electron chi connectivity index (χ3n) is 4.07. The van der Waals surface area contributed by atoms with Gasteiger partial charge in [-0.1, -0.05) is 31.4 Å². The first kappa shape index (κ1) is 18.9. The molecule has 2 unspecified atom stereocenters. The molecule has 5 nitrogen and oxygen atoms in total. The van der Waals surface area contributed by atoms with E-state index in [2.05, 4.69) is 5.32 Å². The van der Waals surface area contributed by atoms with Gasteiger partial charge in [-0.25, -0.2) is 0 Å². The van der Waals surface area contributed by atoms with Crippen molar-refractivity contribution in [3.63, 3.8) is 0 Å². The first-order chi connectivity index (χ1) is 11.6. The fraction of sp³-hybridized carbons (Fsp3) is 0.611. The molecule has 0 radical (unpaired) electrons. The van der Waals surface area contributed by atoms with Gasteiger partial charge in [-0.3, -0.25) is 4.79 Å². The van der Waals surface area contributed by atoms with Crippen molar-refractivity contribution in [3.05, 3.63) is 22.7 Å². The van der Waals surface area contributed by atoms with Gasteiger partial charge in [0.1, 0.15) is 0 Å². The molecule has 1 saturated carbocycles. The Morgan fingerprint density at radius 1 is 1.29 bits per heavy atom. The van der Waals surface area contributed by atoms with Gasteiger partial charge in [0.2, 0.25) is 0 Å². The van der Waals surface area contributed by atoms with Crippen LogP contribution in [0.2, 0.25) is 5.02 Å². The summed E-state index contributed by atoms with van der Waals surface area (Å²) in [6, 6.07) is 3.02. The van der Waals surface area contributed by atoms with Gasteiger partial charge in [0, 0.05) is 5.56 Å². The molecule has 1 aliphatic rings. The summed E-state index contributed by atoms with van der Waals surface area (Å²) in [6.45, 7) is 4.85. The number of aliphatic hydroxyl groups excluding tert-OH is 1. The number of hydrogen-bond donors (Lipinski definition) is 2. The SMILES string of the molecule is CCCOc1c(Cl)cc(C(=O)NC2CCCCC2O)cc1OCC. The molecule has 6 heteroatoms. The molecule has 1 aromatic rings. The summed E-state index contributed by atoms with van der Waals surface area (Å²) < 4.78 is 11.2. The number of amides is 1. The van der Waals surface area contributed by atoms with Gasteiger partial charge in [-0.2, -0.15) is 0 Å². The molecular weight excluding hydrogens is 330 g/mol. The van der Waals surface area contributed by atoms with Crippen molar-refractivity contribution < 1.29 is 19.4 Å². The Hall–Kier alpha value is -1.46. The molecule has 2 rings (SSSR count). The van der Waals surface area contributed by atoms with Gasteiger partial charge in [0.25, 0.3) is 5.91 Å². The highest BCUT2D eigenvalue weighted by molar-refractivity contribution is 6.32. The third-order valence-corrected chi connectivity index (χ3v) is 4.35. The van der Waals surface area contributed by atoms with Crippen molar-refractivity contribution in [1.29, 1.82) is 0 Å². The Kier molecular flexibility index (Phi) is 7.18. The summed E-state index contributed by atoms with van der Waals surface area (Å²) in [5, 5.41) is 13.3. The van der Waals surface area contributed by atoms with Crippen LogP contribution in [0, 0.1) is 0 Å². The number of aliphatic hydroxyl groups is 1. The summed E-state index contributed by atoms with van der Waals surface area (Å²) >= 11 is 6.29. The lowest BCUT2D eigenvalue weighted by Gasteiger charge is -2.28. The molecule has 0 heterocycles. The van der Waals surface area contributed by atoms with Crippen LogP contribution in [-0.2, 0) is 0 Å². The zero-order chi connectivity index (χ0) is 17.5. The maximum absolute atomic E-state index is 12.5. The predicted octanol–water partition coefficient (Wildman–Crippen LogP) is 3.56. The molecule has 2 N–H and O–H groups in total. The second-order valence-corrected chi connectivity index (χ2v) is 6.41. The van der Waals surface area contributed by atoms with Crippen LogP contribution < -0.4 is 14.8 Å². The van der Waals surface area contributed by atoms with Crippen molar-refractivity contribution in [2.45, 2.75) is 58.1 Å². The average molecular weight is 356 g/mol. The van der Waals surface area contributed by atoms with E-state index in [0.29, 0.717) is 35.3 Å². The fourth-order valence-corrected chi connectivity index (χ4v) is 3.10. The van der Waals surface area contributed by atoms with E-state index in [1.54, 1.807) is 12.1 Å². The molecule has 0 aliphatic heterocycles. The van der Waals surface area contributed by atoms with Gasteiger partial charge in [-0.05, 0) is 38.3 Å². The van der Waals surface area contributed by atoms with E-state index in [4.69, 9.17) is 21.1 Å². The summed E-state index contributed by atoms with van der Waals surface area (Å²) in [5.41, 5.74) is 0.407. The van der Waals surface area contributed by atoms with Crippen molar-refractivity contribution in [2.24, 2.45) is 0 Å². The van der Waals surface area contributed by atoms with E-state index in [1.807, 2.05) is 13.8 Å². The van der Waals surface area contributed by atoms with Crippen LogP contribution in [0.5, 0.6) is 11.5 Å². The summed E-state index contributed by atoms with van der Waals surface area (Å²) in [5.74, 6) is 0.674. The molecule has 0 saturated heterocycles. The third kappa shape index (κ3) is 4.77. The molecule has 0 aromatic heterocycles. The van der Waals surface area contributed by atoms with E-state index in [9.17, 15) is 9.90 Å². The standard InChI is InChI=1S/C18H26ClNO4/c1-3-9-24-17-13(19)10-12(11-16(17)23-4-2)18(22)20-14-7-5-6-8-15(14)21/h10-11,14-15,21H,3-9H2,1-2H3,(H,20,22). The van der Waals surface area contributed by atoms with E-state index >= 15 is 0 Å². The fourth-order valence-electron chi connectivity index (χ4n) is 2.84. The molecule has 1 aromatic carbocycles. The van der Waals surface area contributed by atoms with Crippen LogP contribution in [0.1, 0.15) is 56.3 Å². The van der Waals surface area contributed by atoms with Gasteiger partial charge in [0.05, 0.1) is 30.4 Å². The Balaban J connectivity index is 2.18. The minimum Gasteiger partial charge on any atom is -0.490 e. The number of carbonyl (C=O) groups excluding carboxylic acids is 1. The Morgan fingerprint density at radius 3 is 2.71 bits per heavy atom. The lowest BCUT2D eigenvalue weighted by Crippen LogP contribution is -2.45. The van der Waals surface area contributed by atoms with Gasteiger partial charge in [-0.15, -0.1) is 0 Å². The number of nitrogens with one attached hydrogen (secondary N) is 1. The molecule has 24 heavy (non-hydrogen) atoms. The number of benzene rings is 1. The second-order valence-electron chi connectivity index (χ2n) is 6.00. The maximum Gasteiger partial charge on any atom is 0.251 e. The molecule has 1 amide bonds. The Bertz CT molecular complexity index is 564. The van der Waals surface area contributed by atoms with E-state index in [1.165, 1.54) is 0 Å². The maximum atomic E-state index is 12.5. The van der Waals surface area contributed by atoms with Gasteiger partial charge < -0.3 is 19.9 Å². The van der Waals surface area contributed by atoms with E-state index in [0.717, 1.165) is 32.1 Å². The molecule has 134 valence electrons. The number of ether oxygens (including phenoxy) is 2. The Labute approximate surface area is 148 Å². The number of halogens is 1. The Morgan fingerprint density at radius 2 is 2.04 bits per heavy atom. The second kappa shape index (κ2) is 9.14. The lowest BCUT2D eigenvalue weighted by molar-refractivity contribution is 0.0717. The van der Waals surface area contributed by atoms with Gasteiger partial charge >= 0.3 is 0 Å². The zero-order valence-corrected chi connectivity index (χ0v) is 15.1. The van der Waals surface area contributed by atoms with Crippen LogP contribution >= 0.6 is 11.6 Å². The summed E-state index contributed by atoms with van der Waals surface area (Å²) in [6.07, 6.45) is 3.88. The minimum absolute atomic E-state index is 0.211. The van der Waals surface area contributed by atoms with Crippen molar-refractivity contribution in [3.8, 4) is 11.5 Å². The van der Waals surface area contributed by atoms with E-state index in [-0.39, 0.29) is 11.9 Å². The van der Waals surface area contributed by atoms with Gasteiger partial charge in [0.15, 0.2) is 11.5 Å². The van der Waals surface area contributed by atoms with Crippen LogP contribution in [0.15, 0.2) is 12.1 Å². The normalized spacial score (nSPS) is 20.5. The highest BCUT2D eigenvalue weighted by Gasteiger charge is 2.25. The molecule has 2 atom stereocenters. The van der Waals surface area contributed by atoms with Crippen LogP contribution in [0.4, 0.5) is 0 Å².